The van der Waals surface area contributed by atoms with Gasteiger partial charge in [0.1, 0.15) is 0 Å². The highest BCUT2D eigenvalue weighted by Gasteiger charge is 2.35. The van der Waals surface area contributed by atoms with Crippen LogP contribution in [0.5, 0.6) is 0 Å². The van der Waals surface area contributed by atoms with Gasteiger partial charge in [-0.2, -0.15) is 0 Å². The van der Waals surface area contributed by atoms with E-state index in [0.717, 1.165) is 6.42 Å². The number of hydrogen-bond donors (Lipinski definition) is 2. The van der Waals surface area contributed by atoms with E-state index in [-0.39, 0.29) is 30.7 Å². The van der Waals surface area contributed by atoms with Gasteiger partial charge in [0.15, 0.2) is 0 Å². The van der Waals surface area contributed by atoms with Crippen molar-refractivity contribution in [3.8, 4) is 0 Å². The second-order valence-corrected chi connectivity index (χ2v) is 7.11. The van der Waals surface area contributed by atoms with Crippen LogP contribution >= 0.6 is 11.6 Å². The van der Waals surface area contributed by atoms with Crippen LogP contribution in [0.4, 0.5) is 11.4 Å². The number of halogens is 1. The van der Waals surface area contributed by atoms with Crippen molar-refractivity contribution in [3.05, 3.63) is 59.1 Å². The number of carbonyl (C=O) groups is 3. The van der Waals surface area contributed by atoms with Gasteiger partial charge < -0.3 is 15.5 Å². The summed E-state index contributed by atoms with van der Waals surface area (Å²) in [4.78, 5) is 39.0. The monoisotopic (exact) mass is 399 g/mol. The SMILES string of the molecule is CCCNC(=O)c1ccccc1NC(=O)[C@@H]1CC(=O)N(c2ccc(Cl)cc2)C1. The highest BCUT2D eigenvalue weighted by atomic mass is 35.5. The lowest BCUT2D eigenvalue weighted by molar-refractivity contribution is -0.122. The number of para-hydroxylation sites is 1. The molecule has 1 aliphatic heterocycles. The van der Waals surface area contributed by atoms with Crippen LogP contribution in [0, 0.1) is 5.92 Å². The van der Waals surface area contributed by atoms with Gasteiger partial charge in [0.05, 0.1) is 17.2 Å². The molecule has 28 heavy (non-hydrogen) atoms. The molecule has 7 heteroatoms. The molecule has 1 atom stereocenters. The van der Waals surface area contributed by atoms with E-state index < -0.39 is 5.92 Å². The number of nitrogens with zero attached hydrogens (tertiary/aromatic N) is 1. The Bertz CT molecular complexity index is 883. The average Bonchev–Trinajstić information content (AvgIpc) is 3.09. The molecule has 146 valence electrons. The Morgan fingerprint density at radius 2 is 1.86 bits per heavy atom. The second-order valence-electron chi connectivity index (χ2n) is 6.67. The standard InChI is InChI=1S/C21H22ClN3O3/c1-2-11-23-21(28)17-5-3-4-6-18(17)24-20(27)14-12-19(26)25(13-14)16-9-7-15(22)8-10-16/h3-10,14H,2,11-13H2,1H3,(H,23,28)(H,24,27)/t14-/m1/s1. The predicted octanol–water partition coefficient (Wildman–Crippen LogP) is 3.47. The van der Waals surface area contributed by atoms with E-state index in [4.69, 9.17) is 11.6 Å². The van der Waals surface area contributed by atoms with E-state index in [2.05, 4.69) is 10.6 Å². The van der Waals surface area contributed by atoms with E-state index >= 15 is 0 Å². The minimum Gasteiger partial charge on any atom is -0.352 e. The Hall–Kier alpha value is -2.86. The summed E-state index contributed by atoms with van der Waals surface area (Å²) < 4.78 is 0. The van der Waals surface area contributed by atoms with Crippen LogP contribution in [0.25, 0.3) is 0 Å². The van der Waals surface area contributed by atoms with Gasteiger partial charge in [-0.1, -0.05) is 30.7 Å². The van der Waals surface area contributed by atoms with Gasteiger partial charge in [-0.05, 0) is 42.8 Å². The third-order valence-corrected chi connectivity index (χ3v) is 4.85. The lowest BCUT2D eigenvalue weighted by atomic mass is 10.1. The number of rotatable bonds is 6. The minimum absolute atomic E-state index is 0.114. The van der Waals surface area contributed by atoms with Gasteiger partial charge in [0.25, 0.3) is 5.91 Å². The predicted molar refractivity (Wildman–Crippen MR) is 110 cm³/mol. The molecule has 0 bridgehead atoms. The van der Waals surface area contributed by atoms with Crippen LogP contribution in [-0.2, 0) is 9.59 Å². The molecule has 2 N–H and O–H groups in total. The van der Waals surface area contributed by atoms with Gasteiger partial charge in [0, 0.05) is 30.2 Å². The van der Waals surface area contributed by atoms with Crippen molar-refractivity contribution >= 4 is 40.7 Å². The zero-order chi connectivity index (χ0) is 20.1. The summed E-state index contributed by atoms with van der Waals surface area (Å²) in [5.74, 6) is -1.12. The second kappa shape index (κ2) is 8.89. The van der Waals surface area contributed by atoms with Crippen LogP contribution in [-0.4, -0.2) is 30.8 Å². The third-order valence-electron chi connectivity index (χ3n) is 4.60. The van der Waals surface area contributed by atoms with Crippen molar-refractivity contribution < 1.29 is 14.4 Å². The van der Waals surface area contributed by atoms with E-state index in [1.54, 1.807) is 53.4 Å². The quantitative estimate of drug-likeness (QED) is 0.780. The molecule has 3 amide bonds. The highest BCUT2D eigenvalue weighted by Crippen LogP contribution is 2.27. The zero-order valence-corrected chi connectivity index (χ0v) is 16.3. The smallest absolute Gasteiger partial charge is 0.253 e. The fraction of sp³-hybridized carbons (Fsp3) is 0.286. The van der Waals surface area contributed by atoms with Crippen molar-refractivity contribution in [3.63, 3.8) is 0 Å². The Morgan fingerprint density at radius 1 is 1.14 bits per heavy atom. The number of benzene rings is 2. The first-order valence-electron chi connectivity index (χ1n) is 9.23. The Morgan fingerprint density at radius 3 is 2.57 bits per heavy atom. The summed E-state index contributed by atoms with van der Waals surface area (Å²) in [6.07, 6.45) is 0.948. The normalized spacial score (nSPS) is 16.1. The van der Waals surface area contributed by atoms with E-state index in [9.17, 15) is 14.4 Å². The summed E-state index contributed by atoms with van der Waals surface area (Å²) >= 11 is 5.90. The largest absolute Gasteiger partial charge is 0.352 e. The molecule has 0 aromatic heterocycles. The molecule has 1 heterocycles. The summed E-state index contributed by atoms with van der Waals surface area (Å²) in [5.41, 5.74) is 1.56. The highest BCUT2D eigenvalue weighted by molar-refractivity contribution is 6.30. The van der Waals surface area contributed by atoms with Gasteiger partial charge in [-0.25, -0.2) is 0 Å². The topological polar surface area (TPSA) is 78.5 Å². The zero-order valence-electron chi connectivity index (χ0n) is 15.6. The number of hydrogen-bond acceptors (Lipinski definition) is 3. The summed E-state index contributed by atoms with van der Waals surface area (Å²) in [6.45, 7) is 2.82. The number of anilines is 2. The first-order chi connectivity index (χ1) is 13.5. The molecule has 1 aliphatic rings. The maximum atomic E-state index is 12.7. The lowest BCUT2D eigenvalue weighted by Crippen LogP contribution is -2.29. The number of amides is 3. The van der Waals surface area contributed by atoms with Crippen molar-refractivity contribution in [2.45, 2.75) is 19.8 Å². The maximum Gasteiger partial charge on any atom is 0.253 e. The third kappa shape index (κ3) is 4.51. The molecule has 1 fully saturated rings. The van der Waals surface area contributed by atoms with Gasteiger partial charge in [-0.3, -0.25) is 14.4 Å². The summed E-state index contributed by atoms with van der Waals surface area (Å²) in [7, 11) is 0. The summed E-state index contributed by atoms with van der Waals surface area (Å²) in [5, 5.41) is 6.21. The van der Waals surface area contributed by atoms with Gasteiger partial charge in [-0.15, -0.1) is 0 Å². The molecule has 2 aromatic carbocycles. The minimum atomic E-state index is -0.491. The fourth-order valence-corrected chi connectivity index (χ4v) is 3.24. The Kier molecular flexibility index (Phi) is 6.31. The van der Waals surface area contributed by atoms with Gasteiger partial charge in [0.2, 0.25) is 11.8 Å². The molecule has 2 aromatic rings. The lowest BCUT2D eigenvalue weighted by Gasteiger charge is -2.17. The van der Waals surface area contributed by atoms with Crippen LogP contribution in [0.15, 0.2) is 48.5 Å². The molecule has 1 saturated heterocycles. The Labute approximate surface area is 168 Å². The van der Waals surface area contributed by atoms with Crippen molar-refractivity contribution in [2.24, 2.45) is 5.92 Å². The van der Waals surface area contributed by atoms with E-state index in [0.29, 0.717) is 28.5 Å². The molecule has 6 nitrogen and oxygen atoms in total. The average molecular weight is 400 g/mol. The Balaban J connectivity index is 1.70. The fourth-order valence-electron chi connectivity index (χ4n) is 3.11. The molecule has 0 aliphatic carbocycles. The van der Waals surface area contributed by atoms with Crippen molar-refractivity contribution in [1.82, 2.24) is 5.32 Å². The molecule has 3 rings (SSSR count). The molecule has 0 radical (unpaired) electrons. The van der Waals surface area contributed by atoms with Crippen LogP contribution in [0.2, 0.25) is 5.02 Å². The molecule has 0 spiro atoms. The molecule has 0 saturated carbocycles. The van der Waals surface area contributed by atoms with Crippen LogP contribution in [0.1, 0.15) is 30.1 Å². The van der Waals surface area contributed by atoms with Crippen molar-refractivity contribution in [1.29, 1.82) is 0 Å². The number of nitrogens with one attached hydrogen (secondary N) is 2. The summed E-state index contributed by atoms with van der Waals surface area (Å²) in [6, 6.07) is 13.8. The van der Waals surface area contributed by atoms with E-state index in [1.807, 2.05) is 6.92 Å². The molecule has 0 unspecified atom stereocenters. The first kappa shape index (κ1) is 19.9. The number of carbonyl (C=O) groups excluding carboxylic acids is 3. The maximum absolute atomic E-state index is 12.7. The van der Waals surface area contributed by atoms with Crippen molar-refractivity contribution in [2.75, 3.05) is 23.3 Å². The van der Waals surface area contributed by atoms with Crippen LogP contribution < -0.4 is 15.5 Å². The first-order valence-corrected chi connectivity index (χ1v) is 9.61. The van der Waals surface area contributed by atoms with E-state index in [1.165, 1.54) is 0 Å². The molecular weight excluding hydrogens is 378 g/mol. The van der Waals surface area contributed by atoms with Gasteiger partial charge >= 0.3 is 0 Å². The van der Waals surface area contributed by atoms with Crippen LogP contribution in [0.3, 0.4) is 0 Å². The molecular formula is C21H22ClN3O3.